The first-order chi connectivity index (χ1) is 7.22. The van der Waals surface area contributed by atoms with Gasteiger partial charge in [-0.25, -0.2) is 0 Å². The maximum atomic E-state index is 5.44. The zero-order valence-electron chi connectivity index (χ0n) is 9.11. The summed E-state index contributed by atoms with van der Waals surface area (Å²) >= 11 is 0. The van der Waals surface area contributed by atoms with Crippen LogP contribution >= 0.6 is 0 Å². The second kappa shape index (κ2) is 5.78. The summed E-state index contributed by atoms with van der Waals surface area (Å²) in [5, 5.41) is 0. The Hall–Kier alpha value is -1.00. The molecule has 15 heavy (non-hydrogen) atoms. The minimum absolute atomic E-state index is 0.161. The van der Waals surface area contributed by atoms with Gasteiger partial charge in [-0.15, -0.1) is 0 Å². The average Bonchev–Trinajstić information content (AvgIpc) is 2.27. The van der Waals surface area contributed by atoms with Gasteiger partial charge in [0.05, 0.1) is 31.2 Å². The van der Waals surface area contributed by atoms with E-state index >= 15 is 0 Å². The van der Waals surface area contributed by atoms with Crippen LogP contribution < -0.4 is 0 Å². The van der Waals surface area contributed by atoms with Crippen LogP contribution in [0.15, 0.2) is 25.7 Å². The van der Waals surface area contributed by atoms with Crippen LogP contribution in [0.4, 0.5) is 0 Å². The van der Waals surface area contributed by atoms with Crippen molar-refractivity contribution >= 4 is 0 Å². The summed E-state index contributed by atoms with van der Waals surface area (Å²) < 4.78 is 21.3. The van der Waals surface area contributed by atoms with Crippen LogP contribution in [-0.2, 0) is 18.9 Å². The van der Waals surface area contributed by atoms with Gasteiger partial charge in [0, 0.05) is 0 Å². The predicted octanol–water partition coefficient (Wildman–Crippen LogP) is 1.69. The van der Waals surface area contributed by atoms with Crippen molar-refractivity contribution in [1.29, 1.82) is 0 Å². The van der Waals surface area contributed by atoms with Gasteiger partial charge in [0.25, 0.3) is 0 Å². The smallest absolute Gasteiger partial charge is 0.154 e. The van der Waals surface area contributed by atoms with Crippen LogP contribution in [0.25, 0.3) is 0 Å². The molecule has 1 rings (SSSR count). The van der Waals surface area contributed by atoms with Crippen molar-refractivity contribution in [3.63, 3.8) is 0 Å². The average molecular weight is 214 g/mol. The zero-order chi connectivity index (χ0) is 11.1. The van der Waals surface area contributed by atoms with E-state index in [1.54, 1.807) is 0 Å². The molecular weight excluding hydrogens is 196 g/mol. The highest BCUT2D eigenvalue weighted by molar-refractivity contribution is 4.82. The van der Waals surface area contributed by atoms with E-state index in [4.69, 9.17) is 18.9 Å². The standard InChI is InChI=1S/C11H18O4/c1-4-12-6-11(7-13-5-2)8-14-10(3)15-9-11/h4-5,10H,1-2,6-9H2,3H3. The molecule has 0 aromatic rings. The van der Waals surface area contributed by atoms with E-state index in [1.165, 1.54) is 12.5 Å². The molecule has 0 bridgehead atoms. The van der Waals surface area contributed by atoms with Crippen molar-refractivity contribution in [2.75, 3.05) is 26.4 Å². The largest absolute Gasteiger partial charge is 0.501 e. The number of hydrogen-bond acceptors (Lipinski definition) is 4. The molecule has 0 spiro atoms. The summed E-state index contributed by atoms with van der Waals surface area (Å²) in [6.45, 7) is 10.9. The van der Waals surface area contributed by atoms with Gasteiger partial charge < -0.3 is 18.9 Å². The Morgan fingerprint density at radius 1 is 1.20 bits per heavy atom. The molecule has 4 heteroatoms. The first-order valence-corrected chi connectivity index (χ1v) is 4.91. The molecule has 1 heterocycles. The Kier molecular flexibility index (Phi) is 4.65. The van der Waals surface area contributed by atoms with Gasteiger partial charge in [0.1, 0.15) is 13.2 Å². The molecule has 0 saturated carbocycles. The number of hydrogen-bond donors (Lipinski definition) is 0. The molecule has 0 aromatic carbocycles. The van der Waals surface area contributed by atoms with Gasteiger partial charge >= 0.3 is 0 Å². The fourth-order valence-corrected chi connectivity index (χ4v) is 1.36. The minimum atomic E-state index is -0.269. The Morgan fingerprint density at radius 3 is 2.07 bits per heavy atom. The second-order valence-corrected chi connectivity index (χ2v) is 3.64. The third-order valence-electron chi connectivity index (χ3n) is 2.26. The Balaban J connectivity index is 2.50. The summed E-state index contributed by atoms with van der Waals surface area (Å²) in [6, 6.07) is 0. The highest BCUT2D eigenvalue weighted by Gasteiger charge is 2.37. The highest BCUT2D eigenvalue weighted by atomic mass is 16.7. The Morgan fingerprint density at radius 2 is 1.67 bits per heavy atom. The molecule has 1 saturated heterocycles. The van der Waals surface area contributed by atoms with E-state index in [9.17, 15) is 0 Å². The monoisotopic (exact) mass is 214 g/mol. The molecular formula is C11H18O4. The van der Waals surface area contributed by atoms with Crippen LogP contribution in [0.3, 0.4) is 0 Å². The van der Waals surface area contributed by atoms with Crippen molar-refractivity contribution in [2.45, 2.75) is 13.2 Å². The van der Waals surface area contributed by atoms with Crippen LogP contribution in [0.2, 0.25) is 0 Å². The molecule has 0 unspecified atom stereocenters. The number of rotatable bonds is 6. The van der Waals surface area contributed by atoms with Gasteiger partial charge in [0.15, 0.2) is 6.29 Å². The fourth-order valence-electron chi connectivity index (χ4n) is 1.36. The van der Waals surface area contributed by atoms with E-state index in [1.807, 2.05) is 6.92 Å². The van der Waals surface area contributed by atoms with Gasteiger partial charge in [-0.1, -0.05) is 13.2 Å². The maximum Gasteiger partial charge on any atom is 0.154 e. The van der Waals surface area contributed by atoms with Crippen molar-refractivity contribution in [2.24, 2.45) is 5.41 Å². The van der Waals surface area contributed by atoms with Crippen LogP contribution in [0, 0.1) is 5.41 Å². The third kappa shape index (κ3) is 3.57. The maximum absolute atomic E-state index is 5.44. The van der Waals surface area contributed by atoms with Crippen molar-refractivity contribution in [3.05, 3.63) is 25.7 Å². The molecule has 0 aliphatic carbocycles. The minimum Gasteiger partial charge on any atom is -0.501 e. The lowest BCUT2D eigenvalue weighted by molar-refractivity contribution is -0.236. The summed E-state index contributed by atoms with van der Waals surface area (Å²) in [7, 11) is 0. The van der Waals surface area contributed by atoms with E-state index in [0.29, 0.717) is 26.4 Å². The van der Waals surface area contributed by atoms with Crippen molar-refractivity contribution in [3.8, 4) is 0 Å². The fraction of sp³-hybridized carbons (Fsp3) is 0.636. The summed E-state index contributed by atoms with van der Waals surface area (Å²) in [6.07, 6.45) is 2.66. The first kappa shape index (κ1) is 12.1. The Bertz CT molecular complexity index is 193. The third-order valence-corrected chi connectivity index (χ3v) is 2.26. The topological polar surface area (TPSA) is 36.9 Å². The Labute approximate surface area is 90.5 Å². The van der Waals surface area contributed by atoms with Crippen LogP contribution in [0.1, 0.15) is 6.92 Å². The molecule has 0 aromatic heterocycles. The molecule has 0 N–H and O–H groups in total. The highest BCUT2D eigenvalue weighted by Crippen LogP contribution is 2.25. The molecule has 0 atom stereocenters. The van der Waals surface area contributed by atoms with Crippen molar-refractivity contribution in [1.82, 2.24) is 0 Å². The van der Waals surface area contributed by atoms with E-state index in [-0.39, 0.29) is 11.7 Å². The molecule has 1 fully saturated rings. The van der Waals surface area contributed by atoms with Crippen molar-refractivity contribution < 1.29 is 18.9 Å². The van der Waals surface area contributed by atoms with Crippen LogP contribution in [-0.4, -0.2) is 32.7 Å². The number of ether oxygens (including phenoxy) is 4. The molecule has 4 nitrogen and oxygen atoms in total. The van der Waals surface area contributed by atoms with Gasteiger partial charge in [-0.05, 0) is 6.92 Å². The summed E-state index contributed by atoms with van der Waals surface area (Å²) in [4.78, 5) is 0. The van der Waals surface area contributed by atoms with E-state index < -0.39 is 0 Å². The lowest BCUT2D eigenvalue weighted by Crippen LogP contribution is -2.46. The zero-order valence-corrected chi connectivity index (χ0v) is 9.11. The summed E-state index contributed by atoms with van der Waals surface area (Å²) in [5.41, 5.74) is -0.269. The lowest BCUT2D eigenvalue weighted by Gasteiger charge is -2.37. The first-order valence-electron chi connectivity index (χ1n) is 4.91. The molecule has 86 valence electrons. The van der Waals surface area contributed by atoms with Gasteiger partial charge in [-0.3, -0.25) is 0 Å². The quantitative estimate of drug-likeness (QED) is 0.630. The molecule has 1 aliphatic rings. The van der Waals surface area contributed by atoms with Crippen LogP contribution in [0.5, 0.6) is 0 Å². The normalized spacial score (nSPS) is 20.6. The van der Waals surface area contributed by atoms with Gasteiger partial charge in [0.2, 0.25) is 0 Å². The van der Waals surface area contributed by atoms with E-state index in [0.717, 1.165) is 0 Å². The SMILES string of the molecule is C=COCC1(COC=C)COC(C)OC1. The molecule has 0 amide bonds. The predicted molar refractivity (Wildman–Crippen MR) is 56.1 cm³/mol. The lowest BCUT2D eigenvalue weighted by atomic mass is 9.91. The van der Waals surface area contributed by atoms with E-state index in [2.05, 4.69) is 13.2 Å². The molecule has 1 aliphatic heterocycles. The molecule has 0 radical (unpaired) electrons. The van der Waals surface area contributed by atoms with Gasteiger partial charge in [-0.2, -0.15) is 0 Å². The second-order valence-electron chi connectivity index (χ2n) is 3.64. The summed E-state index contributed by atoms with van der Waals surface area (Å²) in [5.74, 6) is 0.